The van der Waals surface area contributed by atoms with Gasteiger partial charge in [0.1, 0.15) is 0 Å². The second kappa shape index (κ2) is 6.87. The number of piperazine rings is 1. The van der Waals surface area contributed by atoms with E-state index in [2.05, 4.69) is 47.1 Å². The van der Waals surface area contributed by atoms with Crippen LogP contribution in [0.5, 0.6) is 0 Å². The van der Waals surface area contributed by atoms with Crippen LogP contribution in [0.3, 0.4) is 0 Å². The van der Waals surface area contributed by atoms with E-state index in [-0.39, 0.29) is 0 Å². The third-order valence-electron chi connectivity index (χ3n) is 3.86. The SMILES string of the molecule is CCC(CC(N)=S)N1CCN(c2ccccc2)CC1. The van der Waals surface area contributed by atoms with E-state index in [0.29, 0.717) is 11.0 Å². The maximum atomic E-state index is 5.69. The van der Waals surface area contributed by atoms with Crippen molar-refractivity contribution in [3.8, 4) is 0 Å². The molecule has 0 aromatic heterocycles. The molecule has 1 aromatic rings. The number of hydrogen-bond donors (Lipinski definition) is 1. The molecule has 0 saturated carbocycles. The Balaban J connectivity index is 1.89. The van der Waals surface area contributed by atoms with Gasteiger partial charge in [0.05, 0.1) is 4.99 Å². The van der Waals surface area contributed by atoms with Crippen molar-refractivity contribution in [3.05, 3.63) is 30.3 Å². The van der Waals surface area contributed by atoms with E-state index < -0.39 is 0 Å². The number of nitrogens with two attached hydrogens (primary N) is 1. The smallest absolute Gasteiger partial charge is 0.0743 e. The highest BCUT2D eigenvalue weighted by atomic mass is 32.1. The Labute approximate surface area is 121 Å². The molecule has 0 aliphatic carbocycles. The third-order valence-corrected chi connectivity index (χ3v) is 4.03. The molecule has 0 radical (unpaired) electrons. The van der Waals surface area contributed by atoms with Crippen LogP contribution in [0.2, 0.25) is 0 Å². The highest BCUT2D eigenvalue weighted by Crippen LogP contribution is 2.18. The molecule has 0 bridgehead atoms. The minimum Gasteiger partial charge on any atom is -0.393 e. The number of anilines is 1. The van der Waals surface area contributed by atoms with Gasteiger partial charge in [-0.1, -0.05) is 37.3 Å². The summed E-state index contributed by atoms with van der Waals surface area (Å²) in [6.07, 6.45) is 1.96. The lowest BCUT2D eigenvalue weighted by Gasteiger charge is -2.40. The van der Waals surface area contributed by atoms with Crippen molar-refractivity contribution >= 4 is 22.9 Å². The lowest BCUT2D eigenvalue weighted by Crippen LogP contribution is -2.51. The Morgan fingerprint density at radius 3 is 2.37 bits per heavy atom. The summed E-state index contributed by atoms with van der Waals surface area (Å²) in [5.41, 5.74) is 7.01. The van der Waals surface area contributed by atoms with Gasteiger partial charge in [0.2, 0.25) is 0 Å². The standard InChI is InChI=1S/C15H23N3S/c1-2-13(12-15(16)19)17-8-10-18(11-9-17)14-6-4-3-5-7-14/h3-7,13H,2,8-12H2,1H3,(H2,16,19). The zero-order chi connectivity index (χ0) is 13.7. The van der Waals surface area contributed by atoms with Gasteiger partial charge in [-0.25, -0.2) is 0 Å². The highest BCUT2D eigenvalue weighted by Gasteiger charge is 2.23. The first-order valence-corrected chi connectivity index (χ1v) is 7.44. The van der Waals surface area contributed by atoms with Crippen LogP contribution < -0.4 is 10.6 Å². The van der Waals surface area contributed by atoms with Crippen molar-refractivity contribution in [3.63, 3.8) is 0 Å². The van der Waals surface area contributed by atoms with E-state index in [1.165, 1.54) is 5.69 Å². The lowest BCUT2D eigenvalue weighted by molar-refractivity contribution is 0.184. The van der Waals surface area contributed by atoms with Crippen LogP contribution in [0.4, 0.5) is 5.69 Å². The normalized spacial score (nSPS) is 18.3. The Bertz CT molecular complexity index is 399. The van der Waals surface area contributed by atoms with Gasteiger partial charge in [0.15, 0.2) is 0 Å². The summed E-state index contributed by atoms with van der Waals surface area (Å²) in [4.78, 5) is 5.61. The summed E-state index contributed by atoms with van der Waals surface area (Å²) < 4.78 is 0. The van der Waals surface area contributed by atoms with Crippen molar-refractivity contribution in [1.82, 2.24) is 4.90 Å². The Kier molecular flexibility index (Phi) is 5.16. The molecule has 2 N–H and O–H groups in total. The molecule has 1 heterocycles. The summed E-state index contributed by atoms with van der Waals surface area (Å²) in [6.45, 7) is 6.56. The van der Waals surface area contributed by atoms with Crippen LogP contribution >= 0.6 is 12.2 Å². The summed E-state index contributed by atoms with van der Waals surface area (Å²) in [6, 6.07) is 11.1. The number of hydrogen-bond acceptors (Lipinski definition) is 3. The Morgan fingerprint density at radius 2 is 1.84 bits per heavy atom. The average Bonchev–Trinajstić information content (AvgIpc) is 2.46. The topological polar surface area (TPSA) is 32.5 Å². The molecule has 19 heavy (non-hydrogen) atoms. The molecule has 0 amide bonds. The number of thiocarbonyl (C=S) groups is 1. The summed E-state index contributed by atoms with van der Waals surface area (Å²) in [7, 11) is 0. The maximum Gasteiger partial charge on any atom is 0.0743 e. The fourth-order valence-corrected chi connectivity index (χ4v) is 2.94. The average molecular weight is 277 g/mol. The number of para-hydroxylation sites is 1. The molecule has 1 atom stereocenters. The van der Waals surface area contributed by atoms with Crippen LogP contribution in [0.15, 0.2) is 30.3 Å². The molecule has 1 unspecified atom stereocenters. The zero-order valence-corrected chi connectivity index (χ0v) is 12.4. The van der Waals surface area contributed by atoms with Crippen LogP contribution in [-0.2, 0) is 0 Å². The van der Waals surface area contributed by atoms with Gasteiger partial charge < -0.3 is 10.6 Å². The second-order valence-corrected chi connectivity index (χ2v) is 5.62. The van der Waals surface area contributed by atoms with Crippen LogP contribution in [-0.4, -0.2) is 42.1 Å². The maximum absolute atomic E-state index is 5.69. The molecular weight excluding hydrogens is 254 g/mol. The van der Waals surface area contributed by atoms with E-state index in [1.807, 2.05) is 0 Å². The van der Waals surface area contributed by atoms with E-state index in [9.17, 15) is 0 Å². The lowest BCUT2D eigenvalue weighted by atomic mass is 10.1. The molecular formula is C15H23N3S. The van der Waals surface area contributed by atoms with Crippen molar-refractivity contribution < 1.29 is 0 Å². The molecule has 0 spiro atoms. The number of benzene rings is 1. The Hall–Kier alpha value is -1.13. The first kappa shape index (κ1) is 14.3. The molecule has 1 aliphatic heterocycles. The van der Waals surface area contributed by atoms with E-state index in [4.69, 9.17) is 18.0 Å². The monoisotopic (exact) mass is 277 g/mol. The van der Waals surface area contributed by atoms with Gasteiger partial charge in [-0.2, -0.15) is 0 Å². The van der Waals surface area contributed by atoms with Gasteiger partial charge in [-0.05, 0) is 18.6 Å². The van der Waals surface area contributed by atoms with Crippen molar-refractivity contribution in [2.45, 2.75) is 25.8 Å². The highest BCUT2D eigenvalue weighted by molar-refractivity contribution is 7.80. The summed E-state index contributed by atoms with van der Waals surface area (Å²) in [5.74, 6) is 0. The van der Waals surface area contributed by atoms with Crippen LogP contribution in [0.25, 0.3) is 0 Å². The predicted octanol–water partition coefficient (Wildman–Crippen LogP) is 2.26. The predicted molar refractivity (Wildman–Crippen MR) is 85.7 cm³/mol. The number of rotatable bonds is 5. The van der Waals surface area contributed by atoms with E-state index in [1.54, 1.807) is 0 Å². The minimum atomic E-state index is 0.510. The molecule has 104 valence electrons. The van der Waals surface area contributed by atoms with Gasteiger partial charge in [-0.15, -0.1) is 0 Å². The summed E-state index contributed by atoms with van der Waals surface area (Å²) >= 11 is 5.05. The summed E-state index contributed by atoms with van der Waals surface area (Å²) in [5, 5.41) is 0. The fourth-order valence-electron chi connectivity index (χ4n) is 2.75. The zero-order valence-electron chi connectivity index (χ0n) is 11.6. The minimum absolute atomic E-state index is 0.510. The Morgan fingerprint density at radius 1 is 1.21 bits per heavy atom. The van der Waals surface area contributed by atoms with Gasteiger partial charge in [-0.3, -0.25) is 4.90 Å². The number of nitrogens with zero attached hydrogens (tertiary/aromatic N) is 2. The molecule has 1 aromatic carbocycles. The quantitative estimate of drug-likeness (QED) is 0.837. The molecule has 2 rings (SSSR count). The van der Waals surface area contributed by atoms with Gasteiger partial charge in [0, 0.05) is 44.3 Å². The van der Waals surface area contributed by atoms with Gasteiger partial charge >= 0.3 is 0 Å². The molecule has 1 aliphatic rings. The molecule has 1 fully saturated rings. The first-order chi connectivity index (χ1) is 9.20. The molecule has 4 heteroatoms. The largest absolute Gasteiger partial charge is 0.393 e. The van der Waals surface area contributed by atoms with E-state index >= 15 is 0 Å². The van der Waals surface area contributed by atoms with E-state index in [0.717, 1.165) is 39.0 Å². The van der Waals surface area contributed by atoms with Crippen molar-refractivity contribution in [2.24, 2.45) is 5.73 Å². The third kappa shape index (κ3) is 3.91. The second-order valence-electron chi connectivity index (χ2n) is 5.09. The molecule has 3 nitrogen and oxygen atoms in total. The van der Waals surface area contributed by atoms with Crippen LogP contribution in [0.1, 0.15) is 19.8 Å². The molecule has 1 saturated heterocycles. The fraction of sp³-hybridized carbons (Fsp3) is 0.533. The first-order valence-electron chi connectivity index (χ1n) is 7.03. The van der Waals surface area contributed by atoms with Gasteiger partial charge in [0.25, 0.3) is 0 Å². The van der Waals surface area contributed by atoms with Crippen molar-refractivity contribution in [2.75, 3.05) is 31.1 Å². The van der Waals surface area contributed by atoms with Crippen molar-refractivity contribution in [1.29, 1.82) is 0 Å². The van der Waals surface area contributed by atoms with Crippen LogP contribution in [0, 0.1) is 0 Å².